The summed E-state index contributed by atoms with van der Waals surface area (Å²) in [6, 6.07) is 9.74. The van der Waals surface area contributed by atoms with E-state index in [9.17, 15) is 9.59 Å². The van der Waals surface area contributed by atoms with Crippen molar-refractivity contribution in [1.29, 1.82) is 0 Å². The summed E-state index contributed by atoms with van der Waals surface area (Å²) in [6.07, 6.45) is 5.57. The van der Waals surface area contributed by atoms with Crippen molar-refractivity contribution in [1.82, 2.24) is 4.98 Å². The SMILES string of the molecule is CCCCCCCC(=O)C(=O)Nc1nc(-c2ccccc2)cs1. The summed E-state index contributed by atoms with van der Waals surface area (Å²) in [5.74, 6) is -0.924. The third-order valence-corrected chi connectivity index (χ3v) is 4.31. The van der Waals surface area contributed by atoms with Crippen molar-refractivity contribution >= 4 is 28.2 Å². The molecule has 1 heterocycles. The van der Waals surface area contributed by atoms with Crippen LogP contribution in [-0.4, -0.2) is 16.7 Å². The van der Waals surface area contributed by atoms with E-state index in [-0.39, 0.29) is 5.78 Å². The van der Waals surface area contributed by atoms with Crippen molar-refractivity contribution < 1.29 is 9.59 Å². The van der Waals surface area contributed by atoms with Gasteiger partial charge in [-0.15, -0.1) is 11.3 Å². The van der Waals surface area contributed by atoms with Gasteiger partial charge in [0.05, 0.1) is 5.69 Å². The second-order valence-corrected chi connectivity index (χ2v) is 6.30. The quantitative estimate of drug-likeness (QED) is 0.536. The topological polar surface area (TPSA) is 59.1 Å². The van der Waals surface area contributed by atoms with Crippen LogP contribution >= 0.6 is 11.3 Å². The number of nitrogens with zero attached hydrogens (tertiary/aromatic N) is 1. The molecule has 0 aliphatic rings. The Morgan fingerprint density at radius 1 is 1.09 bits per heavy atom. The van der Waals surface area contributed by atoms with Crippen LogP contribution in [0.4, 0.5) is 5.13 Å². The Morgan fingerprint density at radius 2 is 1.83 bits per heavy atom. The second kappa shape index (κ2) is 9.20. The first-order valence-corrected chi connectivity index (χ1v) is 8.93. The fourth-order valence-electron chi connectivity index (χ4n) is 2.24. The van der Waals surface area contributed by atoms with Crippen molar-refractivity contribution in [2.24, 2.45) is 0 Å². The van der Waals surface area contributed by atoms with Crippen LogP contribution in [0, 0.1) is 0 Å². The molecule has 1 aromatic carbocycles. The van der Waals surface area contributed by atoms with E-state index in [2.05, 4.69) is 17.2 Å². The predicted octanol–water partition coefficient (Wildman–Crippen LogP) is 4.68. The van der Waals surface area contributed by atoms with E-state index in [4.69, 9.17) is 0 Å². The van der Waals surface area contributed by atoms with E-state index in [1.807, 2.05) is 35.7 Å². The molecule has 122 valence electrons. The normalized spacial score (nSPS) is 10.5. The summed E-state index contributed by atoms with van der Waals surface area (Å²) in [7, 11) is 0. The summed E-state index contributed by atoms with van der Waals surface area (Å²) in [4.78, 5) is 28.1. The molecule has 1 N–H and O–H groups in total. The smallest absolute Gasteiger partial charge is 0.293 e. The lowest BCUT2D eigenvalue weighted by atomic mass is 10.1. The van der Waals surface area contributed by atoms with Gasteiger partial charge in [-0.1, -0.05) is 62.9 Å². The van der Waals surface area contributed by atoms with Gasteiger partial charge in [-0.2, -0.15) is 0 Å². The minimum atomic E-state index is -0.561. The molecule has 0 spiro atoms. The van der Waals surface area contributed by atoms with Gasteiger partial charge in [-0.25, -0.2) is 4.98 Å². The van der Waals surface area contributed by atoms with Crippen molar-refractivity contribution in [3.8, 4) is 11.3 Å². The fraction of sp³-hybridized carbons (Fsp3) is 0.389. The molecule has 1 amide bonds. The Morgan fingerprint density at radius 3 is 2.57 bits per heavy atom. The minimum absolute atomic E-state index is 0.312. The first-order chi connectivity index (χ1) is 11.2. The lowest BCUT2D eigenvalue weighted by Gasteiger charge is -2.01. The van der Waals surface area contributed by atoms with E-state index < -0.39 is 5.91 Å². The number of unbranched alkanes of at least 4 members (excludes halogenated alkanes) is 4. The van der Waals surface area contributed by atoms with Gasteiger partial charge in [0.15, 0.2) is 5.13 Å². The molecule has 0 unspecified atom stereocenters. The van der Waals surface area contributed by atoms with Gasteiger partial charge in [-0.3, -0.25) is 14.9 Å². The summed E-state index contributed by atoms with van der Waals surface area (Å²) in [5, 5.41) is 4.94. The Bertz CT molecular complexity index is 637. The lowest BCUT2D eigenvalue weighted by Crippen LogP contribution is -2.22. The van der Waals surface area contributed by atoms with Crippen molar-refractivity contribution in [2.75, 3.05) is 5.32 Å². The summed E-state index contributed by atoms with van der Waals surface area (Å²) < 4.78 is 0. The molecule has 2 aromatic rings. The number of ketones is 1. The van der Waals surface area contributed by atoms with Crippen molar-refractivity contribution in [3.63, 3.8) is 0 Å². The highest BCUT2D eigenvalue weighted by molar-refractivity contribution is 7.14. The number of carbonyl (C=O) groups is 2. The Labute approximate surface area is 141 Å². The highest BCUT2D eigenvalue weighted by atomic mass is 32.1. The molecule has 5 heteroatoms. The molecule has 0 radical (unpaired) electrons. The van der Waals surface area contributed by atoms with Crippen molar-refractivity contribution in [3.05, 3.63) is 35.7 Å². The number of hydrogen-bond donors (Lipinski definition) is 1. The van der Waals surface area contributed by atoms with Crippen LogP contribution in [0.15, 0.2) is 35.7 Å². The van der Waals surface area contributed by atoms with E-state index in [1.54, 1.807) is 0 Å². The molecular weight excluding hydrogens is 308 g/mol. The monoisotopic (exact) mass is 330 g/mol. The van der Waals surface area contributed by atoms with Crippen LogP contribution in [0.3, 0.4) is 0 Å². The van der Waals surface area contributed by atoms with Gasteiger partial charge in [0.25, 0.3) is 5.91 Å². The van der Waals surface area contributed by atoms with E-state index in [0.29, 0.717) is 11.6 Å². The van der Waals surface area contributed by atoms with Crippen LogP contribution in [0.5, 0.6) is 0 Å². The Kier molecular flexibility index (Phi) is 6.94. The first kappa shape index (κ1) is 17.3. The molecule has 0 saturated carbocycles. The molecule has 0 atom stereocenters. The van der Waals surface area contributed by atoms with Crippen LogP contribution in [0.25, 0.3) is 11.3 Å². The number of nitrogens with one attached hydrogen (secondary N) is 1. The molecule has 1 aromatic heterocycles. The highest BCUT2D eigenvalue weighted by Gasteiger charge is 2.15. The van der Waals surface area contributed by atoms with Gasteiger partial charge in [-0.05, 0) is 6.42 Å². The number of Topliss-reactive ketones (excluding diaryl/α,β-unsaturated/α-hetero) is 1. The molecule has 0 saturated heterocycles. The number of carbonyl (C=O) groups excluding carboxylic acids is 2. The molecular formula is C18H22N2O2S. The lowest BCUT2D eigenvalue weighted by molar-refractivity contribution is -0.134. The molecule has 23 heavy (non-hydrogen) atoms. The predicted molar refractivity (Wildman–Crippen MR) is 94.6 cm³/mol. The van der Waals surface area contributed by atoms with Gasteiger partial charge in [0.2, 0.25) is 5.78 Å². The number of thiazole rings is 1. The molecule has 0 aliphatic heterocycles. The molecule has 2 rings (SSSR count). The molecule has 4 nitrogen and oxygen atoms in total. The van der Waals surface area contributed by atoms with Crippen molar-refractivity contribution in [2.45, 2.75) is 45.4 Å². The maximum absolute atomic E-state index is 11.9. The number of hydrogen-bond acceptors (Lipinski definition) is 4. The second-order valence-electron chi connectivity index (χ2n) is 5.45. The number of rotatable bonds is 9. The summed E-state index contributed by atoms with van der Waals surface area (Å²) >= 11 is 1.33. The largest absolute Gasteiger partial charge is 0.295 e. The zero-order chi connectivity index (χ0) is 16.5. The van der Waals surface area contributed by atoms with Gasteiger partial charge < -0.3 is 0 Å². The molecule has 0 fully saturated rings. The molecule has 0 bridgehead atoms. The average molecular weight is 330 g/mol. The van der Waals surface area contributed by atoms with E-state index in [1.165, 1.54) is 24.2 Å². The maximum atomic E-state index is 11.9. The third kappa shape index (κ3) is 5.60. The summed E-state index contributed by atoms with van der Waals surface area (Å²) in [6.45, 7) is 2.15. The zero-order valence-electron chi connectivity index (χ0n) is 13.4. The summed E-state index contributed by atoms with van der Waals surface area (Å²) in [5.41, 5.74) is 1.80. The first-order valence-electron chi connectivity index (χ1n) is 8.06. The zero-order valence-corrected chi connectivity index (χ0v) is 14.2. The van der Waals surface area contributed by atoms with Gasteiger partial charge >= 0.3 is 0 Å². The fourth-order valence-corrected chi connectivity index (χ4v) is 2.96. The Balaban J connectivity index is 1.81. The molecule has 0 aliphatic carbocycles. The maximum Gasteiger partial charge on any atom is 0.293 e. The number of anilines is 1. The Hall–Kier alpha value is -2.01. The third-order valence-electron chi connectivity index (χ3n) is 3.55. The van der Waals surface area contributed by atoms with E-state index >= 15 is 0 Å². The highest BCUT2D eigenvalue weighted by Crippen LogP contribution is 2.24. The number of aromatic nitrogens is 1. The minimum Gasteiger partial charge on any atom is -0.295 e. The number of benzene rings is 1. The van der Waals surface area contributed by atoms with Gasteiger partial charge in [0.1, 0.15) is 0 Å². The van der Waals surface area contributed by atoms with Crippen LogP contribution < -0.4 is 5.32 Å². The number of amides is 1. The van der Waals surface area contributed by atoms with Gasteiger partial charge in [0, 0.05) is 17.4 Å². The van der Waals surface area contributed by atoms with Crippen LogP contribution in [0.1, 0.15) is 45.4 Å². The van der Waals surface area contributed by atoms with Crippen LogP contribution in [-0.2, 0) is 9.59 Å². The van der Waals surface area contributed by atoms with Crippen LogP contribution in [0.2, 0.25) is 0 Å². The average Bonchev–Trinajstić information content (AvgIpc) is 3.03. The standard InChI is InChI=1S/C18H22N2O2S/c1-2-3-4-5-9-12-16(21)17(22)20-18-19-15(13-23-18)14-10-7-6-8-11-14/h6-8,10-11,13H,2-5,9,12H2,1H3,(H,19,20,22). The van der Waals surface area contributed by atoms with E-state index in [0.717, 1.165) is 30.5 Å².